The number of nitriles is 1. The molecule has 0 spiro atoms. The fraction of sp³-hybridized carbons (Fsp3) is 0.429. The monoisotopic (exact) mass is 425 g/mol. The second-order valence-electron chi connectivity index (χ2n) is 7.88. The number of piperidine rings is 1. The fourth-order valence-corrected chi connectivity index (χ4v) is 7.01. The van der Waals surface area contributed by atoms with Crippen LogP contribution in [0.2, 0.25) is 0 Å². The maximum absolute atomic E-state index is 13.5. The molecule has 0 radical (unpaired) electrons. The van der Waals surface area contributed by atoms with Crippen LogP contribution in [0.1, 0.15) is 37.7 Å². The van der Waals surface area contributed by atoms with E-state index in [2.05, 4.69) is 15.5 Å². The van der Waals surface area contributed by atoms with Crippen LogP contribution in [-0.2, 0) is 9.84 Å². The zero-order chi connectivity index (χ0) is 21.2. The second kappa shape index (κ2) is 8.03. The summed E-state index contributed by atoms with van der Waals surface area (Å²) in [7, 11) is -3.52. The summed E-state index contributed by atoms with van der Waals surface area (Å²) in [5.74, 6) is 0.0125. The number of amides is 2. The van der Waals surface area contributed by atoms with Crippen molar-refractivity contribution >= 4 is 21.6 Å². The lowest BCUT2D eigenvalue weighted by Gasteiger charge is -2.49. The normalized spacial score (nSPS) is 18.8. The van der Waals surface area contributed by atoms with Gasteiger partial charge in [0.15, 0.2) is 9.84 Å². The number of urea groups is 1. The smallest absolute Gasteiger partial charge is 0.321 e. The van der Waals surface area contributed by atoms with Crippen molar-refractivity contribution in [2.24, 2.45) is 5.92 Å². The number of sulfone groups is 1. The van der Waals surface area contributed by atoms with E-state index in [0.717, 1.165) is 6.42 Å². The standard InChI is InChI=1S/C21H23N5O3S/c22-14-16-2-4-19(5-3-16)30(28,29)21(9-1-10-21)17-7-12-26(13-8-17)20(27)25-18-6-11-23-24-15-18/h2-6,11,15,17H,1,7-10,12-13H2,(H,23,25,27). The van der Waals surface area contributed by atoms with E-state index < -0.39 is 14.6 Å². The summed E-state index contributed by atoms with van der Waals surface area (Å²) >= 11 is 0. The predicted molar refractivity (Wildman–Crippen MR) is 110 cm³/mol. The van der Waals surface area contributed by atoms with Gasteiger partial charge in [-0.15, -0.1) is 0 Å². The van der Waals surface area contributed by atoms with Crippen LogP contribution in [0.15, 0.2) is 47.6 Å². The minimum Gasteiger partial charge on any atom is -0.325 e. The van der Waals surface area contributed by atoms with Gasteiger partial charge in [0.2, 0.25) is 0 Å². The number of hydrogen-bond donors (Lipinski definition) is 1. The summed E-state index contributed by atoms with van der Waals surface area (Å²) in [6.45, 7) is 1.03. The van der Waals surface area contributed by atoms with Crippen molar-refractivity contribution in [2.45, 2.75) is 41.7 Å². The first-order valence-electron chi connectivity index (χ1n) is 10.0. The van der Waals surface area contributed by atoms with Gasteiger partial charge in [-0.2, -0.15) is 15.5 Å². The molecular weight excluding hydrogens is 402 g/mol. The molecule has 0 atom stereocenters. The molecule has 2 fully saturated rings. The number of anilines is 1. The summed E-state index contributed by atoms with van der Waals surface area (Å²) in [4.78, 5) is 14.5. The Labute approximate surface area is 175 Å². The average Bonchev–Trinajstić information content (AvgIpc) is 2.74. The van der Waals surface area contributed by atoms with Crippen LogP contribution < -0.4 is 5.32 Å². The molecule has 1 aromatic heterocycles. The molecule has 1 saturated heterocycles. The minimum atomic E-state index is -3.52. The Bertz CT molecular complexity index is 1050. The molecular formula is C21H23N5O3S. The number of likely N-dealkylation sites (tertiary alicyclic amines) is 1. The van der Waals surface area contributed by atoms with Gasteiger partial charge in [0.05, 0.1) is 39.4 Å². The van der Waals surface area contributed by atoms with Gasteiger partial charge in [0, 0.05) is 13.1 Å². The fourth-order valence-electron chi connectivity index (χ4n) is 4.54. The van der Waals surface area contributed by atoms with Crippen molar-refractivity contribution in [3.63, 3.8) is 0 Å². The summed E-state index contributed by atoms with van der Waals surface area (Å²) in [6, 6.07) is 9.68. The predicted octanol–water partition coefficient (Wildman–Crippen LogP) is 2.99. The second-order valence-corrected chi connectivity index (χ2v) is 10.2. The lowest BCUT2D eigenvalue weighted by atomic mass is 9.71. The van der Waals surface area contributed by atoms with Crippen molar-refractivity contribution in [1.29, 1.82) is 5.26 Å². The third kappa shape index (κ3) is 3.52. The molecule has 1 aliphatic heterocycles. The van der Waals surface area contributed by atoms with E-state index in [1.807, 2.05) is 6.07 Å². The number of benzene rings is 1. The van der Waals surface area contributed by atoms with Gasteiger partial charge < -0.3 is 10.2 Å². The van der Waals surface area contributed by atoms with E-state index in [0.29, 0.717) is 50.0 Å². The molecule has 0 unspecified atom stereocenters. The Kier molecular flexibility index (Phi) is 5.43. The van der Waals surface area contributed by atoms with Gasteiger partial charge in [-0.3, -0.25) is 0 Å². The summed E-state index contributed by atoms with van der Waals surface area (Å²) in [5, 5.41) is 19.2. The summed E-state index contributed by atoms with van der Waals surface area (Å²) in [6.07, 6.45) is 6.48. The van der Waals surface area contributed by atoms with Crippen LogP contribution in [0.25, 0.3) is 0 Å². The molecule has 1 N–H and O–H groups in total. The van der Waals surface area contributed by atoms with Gasteiger partial charge in [-0.1, -0.05) is 6.42 Å². The number of hydrogen-bond acceptors (Lipinski definition) is 6. The van der Waals surface area contributed by atoms with Gasteiger partial charge in [-0.05, 0) is 61.9 Å². The van der Waals surface area contributed by atoms with E-state index in [9.17, 15) is 13.2 Å². The quantitative estimate of drug-likeness (QED) is 0.805. The molecule has 2 aromatic rings. The Morgan fingerprint density at radius 1 is 1.13 bits per heavy atom. The van der Waals surface area contributed by atoms with Crippen LogP contribution in [-0.4, -0.2) is 47.4 Å². The average molecular weight is 426 g/mol. The molecule has 1 aliphatic carbocycles. The van der Waals surface area contributed by atoms with Crippen LogP contribution in [0.3, 0.4) is 0 Å². The lowest BCUT2D eigenvalue weighted by molar-refractivity contribution is 0.136. The van der Waals surface area contributed by atoms with Crippen molar-refractivity contribution in [2.75, 3.05) is 18.4 Å². The number of carbonyl (C=O) groups is 1. The number of aromatic nitrogens is 2. The Morgan fingerprint density at radius 2 is 1.83 bits per heavy atom. The molecule has 9 heteroatoms. The number of nitrogens with zero attached hydrogens (tertiary/aromatic N) is 4. The molecule has 2 aliphatic rings. The number of carbonyl (C=O) groups excluding carboxylic acids is 1. The molecule has 0 bridgehead atoms. The minimum absolute atomic E-state index is 0.0125. The largest absolute Gasteiger partial charge is 0.325 e. The molecule has 4 rings (SSSR count). The van der Waals surface area contributed by atoms with Gasteiger partial charge in [0.25, 0.3) is 0 Å². The highest BCUT2D eigenvalue weighted by molar-refractivity contribution is 7.93. The van der Waals surface area contributed by atoms with Gasteiger partial charge in [0.1, 0.15) is 0 Å². The van der Waals surface area contributed by atoms with E-state index in [1.165, 1.54) is 12.4 Å². The highest BCUT2D eigenvalue weighted by atomic mass is 32.2. The van der Waals surface area contributed by atoms with Crippen LogP contribution in [0.5, 0.6) is 0 Å². The summed E-state index contributed by atoms with van der Waals surface area (Å²) in [5.41, 5.74) is 1.02. The topological polar surface area (TPSA) is 116 Å². The molecule has 8 nitrogen and oxygen atoms in total. The molecule has 156 valence electrons. The maximum atomic E-state index is 13.5. The van der Waals surface area contributed by atoms with E-state index >= 15 is 0 Å². The molecule has 2 heterocycles. The highest BCUT2D eigenvalue weighted by Gasteiger charge is 2.55. The summed E-state index contributed by atoms with van der Waals surface area (Å²) < 4.78 is 26.2. The Morgan fingerprint density at radius 3 is 2.37 bits per heavy atom. The van der Waals surface area contributed by atoms with E-state index in [4.69, 9.17) is 5.26 Å². The van der Waals surface area contributed by atoms with Crippen molar-refractivity contribution in [1.82, 2.24) is 15.1 Å². The Hall–Kier alpha value is -2.99. The zero-order valence-electron chi connectivity index (χ0n) is 16.5. The van der Waals surface area contributed by atoms with E-state index in [1.54, 1.807) is 35.2 Å². The first-order valence-corrected chi connectivity index (χ1v) is 11.5. The third-order valence-corrected chi connectivity index (χ3v) is 9.10. The van der Waals surface area contributed by atoms with Crippen molar-refractivity contribution in [3.05, 3.63) is 48.3 Å². The van der Waals surface area contributed by atoms with Crippen LogP contribution >= 0.6 is 0 Å². The highest BCUT2D eigenvalue weighted by Crippen LogP contribution is 2.51. The lowest BCUT2D eigenvalue weighted by Crippen LogP contribution is -2.55. The first kappa shape index (κ1) is 20.3. The molecule has 1 saturated carbocycles. The number of rotatable bonds is 4. The Balaban J connectivity index is 1.46. The number of nitrogens with one attached hydrogen (secondary N) is 1. The zero-order valence-corrected chi connectivity index (χ0v) is 17.3. The SMILES string of the molecule is N#Cc1ccc(S(=O)(=O)C2(C3CCN(C(=O)Nc4ccnnc4)CC3)CCC2)cc1. The van der Waals surface area contributed by atoms with Crippen LogP contribution in [0.4, 0.5) is 10.5 Å². The maximum Gasteiger partial charge on any atom is 0.321 e. The van der Waals surface area contributed by atoms with Crippen molar-refractivity contribution in [3.8, 4) is 6.07 Å². The third-order valence-electron chi connectivity index (χ3n) is 6.39. The van der Waals surface area contributed by atoms with E-state index in [-0.39, 0.29) is 16.8 Å². The molecule has 1 aromatic carbocycles. The van der Waals surface area contributed by atoms with Crippen LogP contribution in [0, 0.1) is 17.2 Å². The first-order chi connectivity index (χ1) is 14.5. The van der Waals surface area contributed by atoms with Crippen molar-refractivity contribution < 1.29 is 13.2 Å². The molecule has 30 heavy (non-hydrogen) atoms. The van der Waals surface area contributed by atoms with Gasteiger partial charge >= 0.3 is 6.03 Å². The van der Waals surface area contributed by atoms with Gasteiger partial charge in [-0.25, -0.2) is 13.2 Å². The molecule has 2 amide bonds.